The van der Waals surface area contributed by atoms with Crippen molar-refractivity contribution in [3.8, 4) is 5.75 Å². The van der Waals surface area contributed by atoms with Crippen molar-refractivity contribution in [1.29, 1.82) is 0 Å². The Bertz CT molecular complexity index is 582. The Labute approximate surface area is 119 Å². The van der Waals surface area contributed by atoms with E-state index in [4.69, 9.17) is 14.2 Å². The molecule has 0 radical (unpaired) electrons. The number of para-hydroxylation sites is 1. The summed E-state index contributed by atoms with van der Waals surface area (Å²) in [6.45, 7) is 0. The molecule has 3 rings (SSSR count). The first-order chi connectivity index (χ1) is 9.79. The summed E-state index contributed by atoms with van der Waals surface area (Å²) in [6, 6.07) is 17.9. The number of hydrogen-bond donors (Lipinski definition) is 0. The van der Waals surface area contributed by atoms with Gasteiger partial charge in [-0.15, -0.1) is 0 Å². The molecule has 0 bridgehead atoms. The summed E-state index contributed by atoms with van der Waals surface area (Å²) in [5.74, 6) is 0.0207. The summed E-state index contributed by atoms with van der Waals surface area (Å²) in [7, 11) is 3.39. The molecule has 2 atom stereocenters. The summed E-state index contributed by atoms with van der Waals surface area (Å²) < 4.78 is 17.6. The largest absolute Gasteiger partial charge is 0.458 e. The van der Waals surface area contributed by atoms with E-state index in [2.05, 4.69) is 0 Å². The van der Waals surface area contributed by atoms with Gasteiger partial charge < -0.3 is 14.2 Å². The molecule has 1 aliphatic heterocycles. The van der Waals surface area contributed by atoms with Crippen LogP contribution in [0.3, 0.4) is 0 Å². The molecule has 0 saturated carbocycles. The topological polar surface area (TPSA) is 27.7 Å². The number of ether oxygens (including phenoxy) is 3. The molecule has 0 fully saturated rings. The Kier molecular flexibility index (Phi) is 3.47. The van der Waals surface area contributed by atoms with Gasteiger partial charge in [-0.05, 0) is 6.07 Å². The molecule has 1 aliphatic rings. The van der Waals surface area contributed by atoms with Crippen molar-refractivity contribution in [1.82, 2.24) is 0 Å². The number of fused-ring (bicyclic) bond motifs is 1. The average Bonchev–Trinajstić information content (AvgIpc) is 2.54. The Morgan fingerprint density at radius 1 is 1.00 bits per heavy atom. The Balaban J connectivity index is 2.07. The van der Waals surface area contributed by atoms with Crippen molar-refractivity contribution in [2.75, 3.05) is 14.2 Å². The third-order valence-electron chi connectivity index (χ3n) is 3.82. The second kappa shape index (κ2) is 5.27. The molecule has 0 aromatic heterocycles. The number of methoxy groups -OCH3 is 2. The van der Waals surface area contributed by atoms with Crippen molar-refractivity contribution in [3.63, 3.8) is 0 Å². The predicted octanol–water partition coefficient (Wildman–Crippen LogP) is 3.66. The van der Waals surface area contributed by atoms with Crippen molar-refractivity contribution in [2.24, 2.45) is 0 Å². The van der Waals surface area contributed by atoms with Gasteiger partial charge in [-0.2, -0.15) is 0 Å². The average molecular weight is 270 g/mol. The predicted molar refractivity (Wildman–Crippen MR) is 76.6 cm³/mol. The standard InChI is InChI=1S/C17H18O3/c1-18-16-12-17(19-2,13-8-4-3-5-9-13)20-15-11-7-6-10-14(15)16/h3-11,16H,12H2,1-2H3. The zero-order valence-corrected chi connectivity index (χ0v) is 11.7. The maximum atomic E-state index is 6.18. The van der Waals surface area contributed by atoms with Gasteiger partial charge in [-0.25, -0.2) is 0 Å². The lowest BCUT2D eigenvalue weighted by molar-refractivity contribution is -0.206. The van der Waals surface area contributed by atoms with Gasteiger partial charge in [0, 0.05) is 31.8 Å². The Morgan fingerprint density at radius 3 is 2.40 bits per heavy atom. The molecular weight excluding hydrogens is 252 g/mol. The van der Waals surface area contributed by atoms with Crippen LogP contribution in [0.4, 0.5) is 0 Å². The van der Waals surface area contributed by atoms with Gasteiger partial charge in [0.2, 0.25) is 5.79 Å². The van der Waals surface area contributed by atoms with Crippen LogP contribution >= 0.6 is 0 Å². The highest BCUT2D eigenvalue weighted by molar-refractivity contribution is 5.39. The first-order valence-corrected chi connectivity index (χ1v) is 6.70. The Hall–Kier alpha value is -1.84. The SMILES string of the molecule is COC1CC(OC)(c2ccccc2)Oc2ccccc21. The first kappa shape index (κ1) is 13.2. The minimum atomic E-state index is -0.795. The first-order valence-electron chi connectivity index (χ1n) is 6.70. The van der Waals surface area contributed by atoms with Crippen molar-refractivity contribution >= 4 is 0 Å². The van der Waals surface area contributed by atoms with Crippen LogP contribution in [0.25, 0.3) is 0 Å². The van der Waals surface area contributed by atoms with E-state index in [1.54, 1.807) is 14.2 Å². The summed E-state index contributed by atoms with van der Waals surface area (Å²) in [6.07, 6.45) is 0.584. The highest BCUT2D eigenvalue weighted by Gasteiger charge is 2.43. The quantitative estimate of drug-likeness (QED) is 0.852. The Morgan fingerprint density at radius 2 is 1.70 bits per heavy atom. The van der Waals surface area contributed by atoms with Crippen LogP contribution in [-0.2, 0) is 15.3 Å². The van der Waals surface area contributed by atoms with E-state index in [0.717, 1.165) is 16.9 Å². The fourth-order valence-corrected chi connectivity index (χ4v) is 2.73. The van der Waals surface area contributed by atoms with Crippen LogP contribution in [-0.4, -0.2) is 14.2 Å². The highest BCUT2D eigenvalue weighted by atomic mass is 16.7. The van der Waals surface area contributed by atoms with Gasteiger partial charge in [-0.1, -0.05) is 48.5 Å². The van der Waals surface area contributed by atoms with Gasteiger partial charge in [-0.3, -0.25) is 0 Å². The minimum Gasteiger partial charge on any atom is -0.458 e. The molecule has 0 spiro atoms. The molecular formula is C17H18O3. The molecule has 2 unspecified atom stereocenters. The summed E-state index contributed by atoms with van der Waals surface area (Å²) >= 11 is 0. The molecule has 104 valence electrons. The van der Waals surface area contributed by atoms with Gasteiger partial charge >= 0.3 is 0 Å². The van der Waals surface area contributed by atoms with Gasteiger partial charge in [0.1, 0.15) is 5.75 Å². The molecule has 2 aromatic carbocycles. The summed E-state index contributed by atoms with van der Waals surface area (Å²) in [5.41, 5.74) is 2.07. The maximum Gasteiger partial charge on any atom is 0.239 e. The van der Waals surface area contributed by atoms with E-state index >= 15 is 0 Å². The molecule has 20 heavy (non-hydrogen) atoms. The normalized spacial score (nSPS) is 24.8. The molecule has 3 heteroatoms. The van der Waals surface area contributed by atoms with Gasteiger partial charge in [0.15, 0.2) is 0 Å². The minimum absolute atomic E-state index is 0.0416. The van der Waals surface area contributed by atoms with Crippen LogP contribution in [0.1, 0.15) is 23.7 Å². The number of hydrogen-bond acceptors (Lipinski definition) is 3. The summed E-state index contributed by atoms with van der Waals surface area (Å²) in [5, 5.41) is 0. The van der Waals surface area contributed by atoms with E-state index in [0.29, 0.717) is 6.42 Å². The second-order valence-corrected chi connectivity index (χ2v) is 4.89. The van der Waals surface area contributed by atoms with Crippen LogP contribution in [0.2, 0.25) is 0 Å². The molecule has 0 saturated heterocycles. The lowest BCUT2D eigenvalue weighted by atomic mass is 9.92. The maximum absolute atomic E-state index is 6.18. The van der Waals surface area contributed by atoms with Crippen LogP contribution in [0.5, 0.6) is 5.75 Å². The number of benzene rings is 2. The number of rotatable bonds is 3. The zero-order chi connectivity index (χ0) is 14.0. The van der Waals surface area contributed by atoms with E-state index in [1.807, 2.05) is 54.6 Å². The van der Waals surface area contributed by atoms with Gasteiger partial charge in [0.25, 0.3) is 0 Å². The monoisotopic (exact) mass is 270 g/mol. The summed E-state index contributed by atoms with van der Waals surface area (Å²) in [4.78, 5) is 0. The molecule has 3 nitrogen and oxygen atoms in total. The molecule has 0 aliphatic carbocycles. The highest BCUT2D eigenvalue weighted by Crippen LogP contribution is 2.46. The van der Waals surface area contributed by atoms with Gasteiger partial charge in [0.05, 0.1) is 6.10 Å². The van der Waals surface area contributed by atoms with Crippen LogP contribution < -0.4 is 4.74 Å². The smallest absolute Gasteiger partial charge is 0.239 e. The third kappa shape index (κ3) is 2.09. The van der Waals surface area contributed by atoms with E-state index in [9.17, 15) is 0 Å². The van der Waals surface area contributed by atoms with Crippen LogP contribution in [0, 0.1) is 0 Å². The lowest BCUT2D eigenvalue weighted by Crippen LogP contribution is -2.40. The van der Waals surface area contributed by atoms with E-state index in [-0.39, 0.29) is 6.10 Å². The van der Waals surface area contributed by atoms with Crippen molar-refractivity contribution in [2.45, 2.75) is 18.3 Å². The zero-order valence-electron chi connectivity index (χ0n) is 11.7. The lowest BCUT2D eigenvalue weighted by Gasteiger charge is -2.40. The van der Waals surface area contributed by atoms with E-state index in [1.165, 1.54) is 0 Å². The van der Waals surface area contributed by atoms with Crippen LogP contribution in [0.15, 0.2) is 54.6 Å². The van der Waals surface area contributed by atoms with Crippen molar-refractivity contribution < 1.29 is 14.2 Å². The molecule has 0 amide bonds. The fourth-order valence-electron chi connectivity index (χ4n) is 2.73. The molecule has 0 N–H and O–H groups in total. The molecule has 2 aromatic rings. The fraction of sp³-hybridized carbons (Fsp3) is 0.294. The third-order valence-corrected chi connectivity index (χ3v) is 3.82. The second-order valence-electron chi connectivity index (χ2n) is 4.89. The van der Waals surface area contributed by atoms with E-state index < -0.39 is 5.79 Å². The molecule has 1 heterocycles. The van der Waals surface area contributed by atoms with Crippen molar-refractivity contribution in [3.05, 3.63) is 65.7 Å².